The van der Waals surface area contributed by atoms with E-state index in [4.69, 9.17) is 26.4 Å². The minimum absolute atomic E-state index is 0.160. The largest absolute Gasteiger partial charge is 0.493 e. The number of amides is 1. The van der Waals surface area contributed by atoms with Gasteiger partial charge in [0.25, 0.3) is 5.91 Å². The highest BCUT2D eigenvalue weighted by Gasteiger charge is 2.14. The fourth-order valence-electron chi connectivity index (χ4n) is 2.78. The minimum Gasteiger partial charge on any atom is -0.493 e. The molecule has 0 aliphatic heterocycles. The SMILES string of the molecule is CCOc1ccccc1C(=O)NC(=S)Nc1ccccc1OCCOc1ccccc1. The van der Waals surface area contributed by atoms with Crippen LogP contribution in [0.25, 0.3) is 0 Å². The van der Waals surface area contributed by atoms with Crippen LogP contribution in [0.3, 0.4) is 0 Å². The minimum atomic E-state index is -0.351. The molecule has 0 unspecified atom stereocenters. The summed E-state index contributed by atoms with van der Waals surface area (Å²) >= 11 is 5.31. The average Bonchev–Trinajstić information content (AvgIpc) is 2.79. The summed E-state index contributed by atoms with van der Waals surface area (Å²) in [5.41, 5.74) is 1.06. The summed E-state index contributed by atoms with van der Waals surface area (Å²) in [4.78, 5) is 12.6. The number of benzene rings is 3. The molecule has 7 heteroatoms. The maximum Gasteiger partial charge on any atom is 0.261 e. The lowest BCUT2D eigenvalue weighted by Gasteiger charge is -2.15. The summed E-state index contributed by atoms with van der Waals surface area (Å²) in [6.07, 6.45) is 0. The van der Waals surface area contributed by atoms with Gasteiger partial charge in [-0.1, -0.05) is 42.5 Å². The lowest BCUT2D eigenvalue weighted by atomic mass is 10.2. The standard InChI is InChI=1S/C24H24N2O4S/c1-2-28-21-14-8-6-12-19(21)23(27)26-24(31)25-20-13-7-9-15-22(20)30-17-16-29-18-10-4-3-5-11-18/h3-15H,2,16-17H2,1H3,(H2,25,26,27,31). The third-order valence-corrected chi connectivity index (χ3v) is 4.35. The number of anilines is 1. The van der Waals surface area contributed by atoms with Crippen LogP contribution in [0.15, 0.2) is 78.9 Å². The zero-order valence-corrected chi connectivity index (χ0v) is 18.0. The van der Waals surface area contributed by atoms with Crippen molar-refractivity contribution in [2.45, 2.75) is 6.92 Å². The van der Waals surface area contributed by atoms with E-state index in [1.807, 2.05) is 67.6 Å². The van der Waals surface area contributed by atoms with Crippen LogP contribution in [-0.2, 0) is 0 Å². The van der Waals surface area contributed by atoms with Gasteiger partial charge in [-0.2, -0.15) is 0 Å². The molecule has 3 aromatic rings. The van der Waals surface area contributed by atoms with Crippen molar-refractivity contribution >= 4 is 28.9 Å². The molecule has 2 N–H and O–H groups in total. The molecule has 0 atom stereocenters. The maximum absolute atomic E-state index is 12.6. The van der Waals surface area contributed by atoms with Gasteiger partial charge in [0.1, 0.15) is 30.5 Å². The van der Waals surface area contributed by atoms with Gasteiger partial charge in [0.2, 0.25) is 0 Å². The molecule has 0 aliphatic carbocycles. The van der Waals surface area contributed by atoms with E-state index in [0.717, 1.165) is 5.75 Å². The highest BCUT2D eigenvalue weighted by Crippen LogP contribution is 2.24. The first-order chi connectivity index (χ1) is 15.2. The number of thiocarbonyl (C=S) groups is 1. The molecule has 0 heterocycles. The number of carbonyl (C=O) groups excluding carboxylic acids is 1. The Morgan fingerprint density at radius 3 is 2.23 bits per heavy atom. The lowest BCUT2D eigenvalue weighted by Crippen LogP contribution is -2.34. The van der Waals surface area contributed by atoms with Gasteiger partial charge in [0, 0.05) is 0 Å². The predicted octanol–water partition coefficient (Wildman–Crippen LogP) is 4.67. The zero-order chi connectivity index (χ0) is 21.9. The van der Waals surface area contributed by atoms with Crippen molar-refractivity contribution in [3.63, 3.8) is 0 Å². The summed E-state index contributed by atoms with van der Waals surface area (Å²) in [6, 6.07) is 23.9. The van der Waals surface area contributed by atoms with E-state index >= 15 is 0 Å². The molecule has 0 fully saturated rings. The third kappa shape index (κ3) is 6.72. The molecular weight excluding hydrogens is 412 g/mol. The molecule has 1 amide bonds. The fraction of sp³-hybridized carbons (Fsp3) is 0.167. The molecular formula is C24H24N2O4S. The van der Waals surface area contributed by atoms with Crippen LogP contribution in [0.1, 0.15) is 17.3 Å². The molecule has 0 saturated heterocycles. The Morgan fingerprint density at radius 1 is 0.806 bits per heavy atom. The van der Waals surface area contributed by atoms with Gasteiger partial charge >= 0.3 is 0 Å². The Hall–Kier alpha value is -3.58. The fourth-order valence-corrected chi connectivity index (χ4v) is 2.99. The van der Waals surface area contributed by atoms with Crippen molar-refractivity contribution in [1.29, 1.82) is 0 Å². The summed E-state index contributed by atoms with van der Waals surface area (Å²) < 4.78 is 17.0. The second kappa shape index (κ2) is 11.6. The maximum atomic E-state index is 12.6. The van der Waals surface area contributed by atoms with Crippen LogP contribution in [-0.4, -0.2) is 30.8 Å². The Balaban J connectivity index is 1.55. The van der Waals surface area contributed by atoms with E-state index in [-0.39, 0.29) is 11.0 Å². The highest BCUT2D eigenvalue weighted by molar-refractivity contribution is 7.80. The molecule has 6 nitrogen and oxygen atoms in total. The second-order valence-electron chi connectivity index (χ2n) is 6.34. The second-order valence-corrected chi connectivity index (χ2v) is 6.75. The topological polar surface area (TPSA) is 68.8 Å². The first kappa shape index (κ1) is 22.1. The normalized spacial score (nSPS) is 10.1. The Morgan fingerprint density at radius 2 is 1.45 bits per heavy atom. The Labute approximate surface area is 187 Å². The van der Waals surface area contributed by atoms with Crippen molar-refractivity contribution in [2.24, 2.45) is 0 Å². The van der Waals surface area contributed by atoms with Gasteiger partial charge in [-0.25, -0.2) is 0 Å². The van der Waals surface area contributed by atoms with Gasteiger partial charge in [0.15, 0.2) is 5.11 Å². The smallest absolute Gasteiger partial charge is 0.261 e. The van der Waals surface area contributed by atoms with Crippen LogP contribution < -0.4 is 24.8 Å². The molecule has 0 radical (unpaired) electrons. The summed E-state index contributed by atoms with van der Waals surface area (Å²) in [5, 5.41) is 5.85. The van der Waals surface area contributed by atoms with E-state index < -0.39 is 0 Å². The molecule has 3 aromatic carbocycles. The molecule has 0 spiro atoms. The summed E-state index contributed by atoms with van der Waals surface area (Å²) in [5.74, 6) is 1.54. The van der Waals surface area contributed by atoms with Crippen LogP contribution in [0, 0.1) is 0 Å². The van der Waals surface area contributed by atoms with Gasteiger partial charge in [-0.15, -0.1) is 0 Å². The molecule has 3 rings (SSSR count). The third-order valence-electron chi connectivity index (χ3n) is 4.15. The van der Waals surface area contributed by atoms with Crippen LogP contribution in [0.5, 0.6) is 17.2 Å². The van der Waals surface area contributed by atoms with E-state index in [1.54, 1.807) is 18.2 Å². The van der Waals surface area contributed by atoms with Crippen molar-refractivity contribution in [2.75, 3.05) is 25.1 Å². The van der Waals surface area contributed by atoms with E-state index in [0.29, 0.717) is 42.6 Å². The van der Waals surface area contributed by atoms with Crippen LogP contribution in [0.4, 0.5) is 5.69 Å². The first-order valence-electron chi connectivity index (χ1n) is 9.91. The number of rotatable bonds is 9. The van der Waals surface area contributed by atoms with Gasteiger partial charge in [0.05, 0.1) is 17.9 Å². The van der Waals surface area contributed by atoms with Crippen molar-refractivity contribution in [3.05, 3.63) is 84.4 Å². The quantitative estimate of drug-likeness (QED) is 0.375. The monoisotopic (exact) mass is 436 g/mol. The number of hydrogen-bond acceptors (Lipinski definition) is 5. The molecule has 0 aromatic heterocycles. The average molecular weight is 437 g/mol. The molecule has 160 valence electrons. The van der Waals surface area contributed by atoms with E-state index in [1.165, 1.54) is 0 Å². The van der Waals surface area contributed by atoms with Gasteiger partial charge in [-0.05, 0) is 55.5 Å². The molecule has 0 saturated carbocycles. The van der Waals surface area contributed by atoms with Crippen LogP contribution in [0.2, 0.25) is 0 Å². The number of hydrogen-bond donors (Lipinski definition) is 2. The predicted molar refractivity (Wildman–Crippen MR) is 125 cm³/mol. The first-order valence-corrected chi connectivity index (χ1v) is 10.3. The number of ether oxygens (including phenoxy) is 3. The van der Waals surface area contributed by atoms with Crippen LogP contribution >= 0.6 is 12.2 Å². The van der Waals surface area contributed by atoms with E-state index in [2.05, 4.69) is 10.6 Å². The zero-order valence-electron chi connectivity index (χ0n) is 17.2. The van der Waals surface area contributed by atoms with E-state index in [9.17, 15) is 4.79 Å². The Bertz CT molecular complexity index is 1010. The highest BCUT2D eigenvalue weighted by atomic mass is 32.1. The summed E-state index contributed by atoms with van der Waals surface area (Å²) in [6.45, 7) is 3.08. The van der Waals surface area contributed by atoms with Crippen molar-refractivity contribution < 1.29 is 19.0 Å². The number of carbonyl (C=O) groups is 1. The number of nitrogens with one attached hydrogen (secondary N) is 2. The lowest BCUT2D eigenvalue weighted by molar-refractivity contribution is 0.0974. The summed E-state index contributed by atoms with van der Waals surface area (Å²) in [7, 11) is 0. The van der Waals surface area contributed by atoms with Gasteiger partial charge in [-0.3, -0.25) is 10.1 Å². The van der Waals surface area contributed by atoms with Gasteiger partial charge < -0.3 is 19.5 Å². The Kier molecular flexibility index (Phi) is 8.25. The van der Waals surface area contributed by atoms with Crippen molar-refractivity contribution in [1.82, 2.24) is 5.32 Å². The molecule has 0 aliphatic rings. The molecule has 0 bridgehead atoms. The van der Waals surface area contributed by atoms with Crippen molar-refractivity contribution in [3.8, 4) is 17.2 Å². The molecule has 31 heavy (non-hydrogen) atoms. The number of para-hydroxylation sites is 4.